The SMILES string of the molecule is Cc1cc(C)cc(CSc2ccc(Br)cn2)c1. The first-order valence-corrected chi connectivity index (χ1v) is 7.23. The third-order valence-corrected chi connectivity index (χ3v) is 3.85. The second-order valence-electron chi connectivity index (χ2n) is 4.10. The van der Waals surface area contributed by atoms with E-state index >= 15 is 0 Å². The van der Waals surface area contributed by atoms with Gasteiger partial charge in [0.2, 0.25) is 0 Å². The first kappa shape index (κ1) is 12.7. The predicted molar refractivity (Wildman–Crippen MR) is 77.4 cm³/mol. The van der Waals surface area contributed by atoms with E-state index in [9.17, 15) is 0 Å². The van der Waals surface area contributed by atoms with Crippen molar-refractivity contribution in [3.8, 4) is 0 Å². The smallest absolute Gasteiger partial charge is 0.0963 e. The van der Waals surface area contributed by atoms with Crippen LogP contribution in [0.15, 0.2) is 46.0 Å². The molecular weight excluding hydrogens is 294 g/mol. The zero-order valence-electron chi connectivity index (χ0n) is 9.90. The minimum atomic E-state index is 0.969. The molecule has 0 N–H and O–H groups in total. The Kier molecular flexibility index (Phi) is 4.24. The minimum Gasteiger partial charge on any atom is -0.249 e. The van der Waals surface area contributed by atoms with Crippen molar-refractivity contribution >= 4 is 27.7 Å². The van der Waals surface area contributed by atoms with Crippen LogP contribution in [-0.4, -0.2) is 4.98 Å². The van der Waals surface area contributed by atoms with Gasteiger partial charge in [0.05, 0.1) is 5.03 Å². The lowest BCUT2D eigenvalue weighted by atomic mass is 10.1. The van der Waals surface area contributed by atoms with Crippen molar-refractivity contribution in [1.82, 2.24) is 4.98 Å². The molecule has 0 aliphatic rings. The molecule has 0 radical (unpaired) electrons. The van der Waals surface area contributed by atoms with Crippen molar-refractivity contribution in [2.24, 2.45) is 0 Å². The predicted octanol–water partition coefficient (Wildman–Crippen LogP) is 4.75. The third kappa shape index (κ3) is 3.86. The van der Waals surface area contributed by atoms with Gasteiger partial charge in [0.1, 0.15) is 0 Å². The van der Waals surface area contributed by atoms with Gasteiger partial charge >= 0.3 is 0 Å². The summed E-state index contributed by atoms with van der Waals surface area (Å²) in [6.45, 7) is 4.28. The minimum absolute atomic E-state index is 0.969. The van der Waals surface area contributed by atoms with Crippen molar-refractivity contribution in [2.75, 3.05) is 0 Å². The van der Waals surface area contributed by atoms with E-state index in [1.54, 1.807) is 11.8 Å². The highest BCUT2D eigenvalue weighted by atomic mass is 79.9. The maximum absolute atomic E-state index is 4.35. The highest BCUT2D eigenvalue weighted by Gasteiger charge is 1.99. The molecule has 0 aliphatic heterocycles. The zero-order valence-corrected chi connectivity index (χ0v) is 12.3. The second-order valence-corrected chi connectivity index (χ2v) is 6.01. The molecule has 3 heteroatoms. The summed E-state index contributed by atoms with van der Waals surface area (Å²) in [5.74, 6) is 0.969. The molecule has 2 rings (SSSR count). The van der Waals surface area contributed by atoms with Gasteiger partial charge in [0.15, 0.2) is 0 Å². The van der Waals surface area contributed by atoms with Crippen molar-refractivity contribution in [3.63, 3.8) is 0 Å². The van der Waals surface area contributed by atoms with Gasteiger partial charge in [-0.15, -0.1) is 11.8 Å². The Morgan fingerprint density at radius 3 is 2.41 bits per heavy atom. The molecule has 0 unspecified atom stereocenters. The third-order valence-electron chi connectivity index (χ3n) is 2.37. The molecule has 0 atom stereocenters. The summed E-state index contributed by atoms with van der Waals surface area (Å²) in [6, 6.07) is 10.7. The molecule has 0 fully saturated rings. The van der Waals surface area contributed by atoms with Crippen LogP contribution in [0.2, 0.25) is 0 Å². The molecule has 88 valence electrons. The lowest BCUT2D eigenvalue weighted by Gasteiger charge is -2.04. The van der Waals surface area contributed by atoms with Gasteiger partial charge in [-0.1, -0.05) is 29.3 Å². The Morgan fingerprint density at radius 2 is 1.82 bits per heavy atom. The fraction of sp³-hybridized carbons (Fsp3) is 0.214. The Bertz CT molecular complexity index is 488. The largest absolute Gasteiger partial charge is 0.249 e. The Hall–Kier alpha value is -0.800. The Morgan fingerprint density at radius 1 is 1.12 bits per heavy atom. The maximum Gasteiger partial charge on any atom is 0.0963 e. The summed E-state index contributed by atoms with van der Waals surface area (Å²) in [4.78, 5) is 4.35. The van der Waals surface area contributed by atoms with Gasteiger partial charge in [0.25, 0.3) is 0 Å². The van der Waals surface area contributed by atoms with Gasteiger partial charge in [0, 0.05) is 16.4 Å². The first-order valence-electron chi connectivity index (χ1n) is 5.45. The lowest BCUT2D eigenvalue weighted by Crippen LogP contribution is -1.86. The molecule has 0 saturated heterocycles. The molecule has 0 saturated carbocycles. The number of halogens is 1. The Balaban J connectivity index is 2.04. The fourth-order valence-corrected chi connectivity index (χ4v) is 2.76. The maximum atomic E-state index is 4.35. The van der Waals surface area contributed by atoms with Crippen molar-refractivity contribution in [3.05, 3.63) is 57.7 Å². The van der Waals surface area contributed by atoms with Crippen LogP contribution < -0.4 is 0 Å². The molecule has 17 heavy (non-hydrogen) atoms. The standard InChI is InChI=1S/C14H14BrNS/c1-10-5-11(2)7-12(6-10)9-17-14-4-3-13(15)8-16-14/h3-8H,9H2,1-2H3. The molecule has 1 nitrogen and oxygen atoms in total. The van der Waals surface area contributed by atoms with Crippen LogP contribution in [0, 0.1) is 13.8 Å². The monoisotopic (exact) mass is 307 g/mol. The topological polar surface area (TPSA) is 12.9 Å². The molecule has 1 heterocycles. The molecule has 1 aromatic carbocycles. The van der Waals surface area contributed by atoms with Crippen LogP contribution in [0.3, 0.4) is 0 Å². The van der Waals surface area contributed by atoms with Crippen molar-refractivity contribution in [2.45, 2.75) is 24.6 Å². The van der Waals surface area contributed by atoms with Gasteiger partial charge < -0.3 is 0 Å². The molecule has 1 aromatic heterocycles. The van der Waals surface area contributed by atoms with Crippen molar-refractivity contribution < 1.29 is 0 Å². The van der Waals surface area contributed by atoms with E-state index in [-0.39, 0.29) is 0 Å². The van der Waals surface area contributed by atoms with Gasteiger partial charge in [-0.2, -0.15) is 0 Å². The number of aromatic nitrogens is 1. The van der Waals surface area contributed by atoms with Crippen LogP contribution >= 0.6 is 27.7 Å². The van der Waals surface area contributed by atoms with E-state index in [1.807, 2.05) is 18.3 Å². The number of pyridine rings is 1. The van der Waals surface area contributed by atoms with E-state index in [0.29, 0.717) is 0 Å². The van der Waals surface area contributed by atoms with Crippen molar-refractivity contribution in [1.29, 1.82) is 0 Å². The average Bonchev–Trinajstić information content (AvgIpc) is 2.27. The quantitative estimate of drug-likeness (QED) is 0.759. The molecule has 0 bridgehead atoms. The van der Waals surface area contributed by atoms with E-state index in [1.165, 1.54) is 16.7 Å². The zero-order chi connectivity index (χ0) is 12.3. The number of rotatable bonds is 3. The van der Waals surface area contributed by atoms with Gasteiger partial charge in [-0.25, -0.2) is 4.98 Å². The van der Waals surface area contributed by atoms with Crippen LogP contribution in [0.4, 0.5) is 0 Å². The summed E-state index contributed by atoms with van der Waals surface area (Å²) in [7, 11) is 0. The summed E-state index contributed by atoms with van der Waals surface area (Å²) in [6.07, 6.45) is 1.84. The molecule has 0 spiro atoms. The summed E-state index contributed by atoms with van der Waals surface area (Å²) < 4.78 is 1.02. The summed E-state index contributed by atoms with van der Waals surface area (Å²) in [5, 5.41) is 1.06. The van der Waals surface area contributed by atoms with Gasteiger partial charge in [-0.3, -0.25) is 0 Å². The van der Waals surface area contributed by atoms with E-state index in [4.69, 9.17) is 0 Å². The Labute approximate surface area is 115 Å². The molecule has 0 aliphatic carbocycles. The highest BCUT2D eigenvalue weighted by Crippen LogP contribution is 2.23. The molecule has 2 aromatic rings. The van der Waals surface area contributed by atoms with Crippen LogP contribution in [0.5, 0.6) is 0 Å². The summed E-state index contributed by atoms with van der Waals surface area (Å²) in [5.41, 5.74) is 4.01. The number of aryl methyl sites for hydroxylation is 2. The molecular formula is C14H14BrNS. The van der Waals surface area contributed by atoms with E-state index in [0.717, 1.165) is 15.3 Å². The lowest BCUT2D eigenvalue weighted by molar-refractivity contribution is 1.12. The number of hydrogen-bond donors (Lipinski definition) is 0. The van der Waals surface area contributed by atoms with Crippen LogP contribution in [-0.2, 0) is 5.75 Å². The normalized spacial score (nSPS) is 10.5. The average molecular weight is 308 g/mol. The van der Waals surface area contributed by atoms with E-state index in [2.05, 4.69) is 53.0 Å². The fourth-order valence-electron chi connectivity index (χ4n) is 1.76. The number of hydrogen-bond acceptors (Lipinski definition) is 2. The summed E-state index contributed by atoms with van der Waals surface area (Å²) >= 11 is 5.16. The highest BCUT2D eigenvalue weighted by molar-refractivity contribution is 9.10. The van der Waals surface area contributed by atoms with Crippen LogP contribution in [0.1, 0.15) is 16.7 Å². The number of thioether (sulfide) groups is 1. The number of benzene rings is 1. The second kappa shape index (κ2) is 5.69. The first-order chi connectivity index (χ1) is 8.13. The number of nitrogens with zero attached hydrogens (tertiary/aromatic N) is 1. The molecule has 0 amide bonds. The van der Waals surface area contributed by atoms with Gasteiger partial charge in [-0.05, 0) is 47.5 Å². The van der Waals surface area contributed by atoms with E-state index < -0.39 is 0 Å². The van der Waals surface area contributed by atoms with Crippen LogP contribution in [0.25, 0.3) is 0 Å².